The van der Waals surface area contributed by atoms with E-state index in [0.717, 1.165) is 11.1 Å². The largest absolute Gasteiger partial charge is 0.445 e. The number of carbonyl (C=O) groups is 1. The maximum atomic E-state index is 11.9. The monoisotopic (exact) mass is 282 g/mol. The zero-order chi connectivity index (χ0) is 14.9. The number of hydrogen-bond acceptors (Lipinski definition) is 3. The number of hydrogen-bond donors (Lipinski definition) is 1. The lowest BCUT2D eigenvalue weighted by atomic mass is 10.1. The molecule has 4 heteroatoms. The lowest BCUT2D eigenvalue weighted by molar-refractivity contribution is 0.135. The summed E-state index contributed by atoms with van der Waals surface area (Å²) in [7, 11) is 0. The van der Waals surface area contributed by atoms with Gasteiger partial charge in [-0.15, -0.1) is 6.58 Å². The molecule has 0 saturated carbocycles. The fraction of sp³-hybridized carbons (Fsp3) is 0.176. The van der Waals surface area contributed by atoms with Crippen LogP contribution in [0, 0.1) is 0 Å². The summed E-state index contributed by atoms with van der Waals surface area (Å²) >= 11 is 0. The van der Waals surface area contributed by atoms with Crippen LogP contribution >= 0.6 is 0 Å². The molecule has 0 aliphatic heterocycles. The molecule has 0 radical (unpaired) electrons. The molecular formula is C17H18N2O2. The second-order valence-electron chi connectivity index (χ2n) is 4.56. The first-order valence-corrected chi connectivity index (χ1v) is 6.77. The van der Waals surface area contributed by atoms with Crippen LogP contribution in [0.1, 0.15) is 23.6 Å². The van der Waals surface area contributed by atoms with Gasteiger partial charge in [-0.3, -0.25) is 4.98 Å². The molecule has 0 aliphatic rings. The topological polar surface area (TPSA) is 51.2 Å². The van der Waals surface area contributed by atoms with Crippen LogP contribution in [-0.4, -0.2) is 11.1 Å². The Morgan fingerprint density at radius 1 is 1.24 bits per heavy atom. The maximum Gasteiger partial charge on any atom is 0.407 e. The third-order valence-corrected chi connectivity index (χ3v) is 3.02. The molecule has 0 spiro atoms. The summed E-state index contributed by atoms with van der Waals surface area (Å²) in [5, 5.41) is 2.84. The van der Waals surface area contributed by atoms with E-state index in [1.807, 2.05) is 42.5 Å². The average Bonchev–Trinajstić information content (AvgIpc) is 2.54. The van der Waals surface area contributed by atoms with Gasteiger partial charge in [0.15, 0.2) is 0 Å². The fourth-order valence-corrected chi connectivity index (χ4v) is 1.95. The van der Waals surface area contributed by atoms with E-state index in [9.17, 15) is 4.79 Å². The normalized spacial score (nSPS) is 11.4. The smallest absolute Gasteiger partial charge is 0.407 e. The second-order valence-corrected chi connectivity index (χ2v) is 4.56. The summed E-state index contributed by atoms with van der Waals surface area (Å²) in [6.45, 7) is 3.97. The third-order valence-electron chi connectivity index (χ3n) is 3.02. The molecule has 0 fully saturated rings. The van der Waals surface area contributed by atoms with Gasteiger partial charge in [-0.25, -0.2) is 4.79 Å². The van der Waals surface area contributed by atoms with Crippen molar-refractivity contribution in [2.24, 2.45) is 0 Å². The van der Waals surface area contributed by atoms with Gasteiger partial charge in [-0.2, -0.15) is 0 Å². The average molecular weight is 282 g/mol. The number of ether oxygens (including phenoxy) is 1. The van der Waals surface area contributed by atoms with Gasteiger partial charge >= 0.3 is 6.09 Å². The number of nitrogens with zero attached hydrogens (tertiary/aromatic N) is 1. The van der Waals surface area contributed by atoms with Gasteiger partial charge in [-0.05, 0) is 29.7 Å². The van der Waals surface area contributed by atoms with Crippen LogP contribution in [0.5, 0.6) is 0 Å². The Kier molecular flexibility index (Phi) is 5.52. The van der Waals surface area contributed by atoms with Crippen molar-refractivity contribution in [1.82, 2.24) is 10.3 Å². The number of amides is 1. The number of nitrogens with one attached hydrogen (secondary N) is 1. The molecule has 1 atom stereocenters. The molecule has 21 heavy (non-hydrogen) atoms. The minimum Gasteiger partial charge on any atom is -0.445 e. The van der Waals surface area contributed by atoms with E-state index in [2.05, 4.69) is 16.9 Å². The highest BCUT2D eigenvalue weighted by Gasteiger charge is 2.13. The summed E-state index contributed by atoms with van der Waals surface area (Å²) in [4.78, 5) is 15.9. The molecule has 1 unspecified atom stereocenters. The van der Waals surface area contributed by atoms with Crippen molar-refractivity contribution < 1.29 is 9.53 Å². The summed E-state index contributed by atoms with van der Waals surface area (Å²) in [5.41, 5.74) is 1.93. The molecule has 1 N–H and O–H groups in total. The Balaban J connectivity index is 1.91. The summed E-state index contributed by atoms with van der Waals surface area (Å²) in [6.07, 6.45) is 5.35. The summed E-state index contributed by atoms with van der Waals surface area (Å²) in [6, 6.07) is 13.1. The van der Waals surface area contributed by atoms with Gasteiger partial charge in [0.1, 0.15) is 6.61 Å². The minimum absolute atomic E-state index is 0.159. The Hall–Kier alpha value is -2.62. The van der Waals surface area contributed by atoms with Crippen molar-refractivity contribution in [3.05, 3.63) is 78.6 Å². The number of carbonyl (C=O) groups excluding carboxylic acids is 1. The number of benzene rings is 1. The van der Waals surface area contributed by atoms with Crippen molar-refractivity contribution in [2.75, 3.05) is 0 Å². The molecule has 2 rings (SSSR count). The molecule has 1 aromatic heterocycles. The SMILES string of the molecule is C=CCC(NC(=O)OCc1ccccc1)c1ccncc1. The predicted molar refractivity (Wildman–Crippen MR) is 81.6 cm³/mol. The first kappa shape index (κ1) is 14.8. The molecule has 1 amide bonds. The third kappa shape index (κ3) is 4.76. The Bertz CT molecular complexity index is 570. The van der Waals surface area contributed by atoms with E-state index < -0.39 is 6.09 Å². The molecule has 1 heterocycles. The number of pyridine rings is 1. The molecule has 0 bridgehead atoms. The van der Waals surface area contributed by atoms with Gasteiger partial charge in [0, 0.05) is 12.4 Å². The van der Waals surface area contributed by atoms with E-state index in [4.69, 9.17) is 4.74 Å². The standard InChI is InChI=1S/C17H18N2O2/c1-2-6-16(15-9-11-18-12-10-15)19-17(20)21-13-14-7-4-3-5-8-14/h2-5,7-12,16H,1,6,13H2,(H,19,20). The van der Waals surface area contributed by atoms with Crippen molar-refractivity contribution in [3.8, 4) is 0 Å². The molecule has 108 valence electrons. The zero-order valence-corrected chi connectivity index (χ0v) is 11.7. The number of rotatable bonds is 6. The van der Waals surface area contributed by atoms with Gasteiger partial charge in [0.25, 0.3) is 0 Å². The van der Waals surface area contributed by atoms with Gasteiger partial charge < -0.3 is 10.1 Å². The lowest BCUT2D eigenvalue weighted by Crippen LogP contribution is -2.28. The second kappa shape index (κ2) is 7.85. The van der Waals surface area contributed by atoms with Crippen molar-refractivity contribution in [3.63, 3.8) is 0 Å². The van der Waals surface area contributed by atoms with E-state index >= 15 is 0 Å². The lowest BCUT2D eigenvalue weighted by Gasteiger charge is -2.17. The van der Waals surface area contributed by atoms with Crippen LogP contribution < -0.4 is 5.32 Å². The van der Waals surface area contributed by atoms with Crippen LogP contribution in [-0.2, 0) is 11.3 Å². The van der Waals surface area contributed by atoms with E-state index in [1.165, 1.54) is 0 Å². The highest BCUT2D eigenvalue weighted by Crippen LogP contribution is 2.16. The van der Waals surface area contributed by atoms with Crippen LogP contribution in [0.3, 0.4) is 0 Å². The first-order chi connectivity index (χ1) is 10.3. The van der Waals surface area contributed by atoms with Crippen LogP contribution in [0.2, 0.25) is 0 Å². The molecule has 2 aromatic rings. The molecule has 4 nitrogen and oxygen atoms in total. The highest BCUT2D eigenvalue weighted by molar-refractivity contribution is 5.68. The number of aromatic nitrogens is 1. The first-order valence-electron chi connectivity index (χ1n) is 6.77. The summed E-state index contributed by atoms with van der Waals surface area (Å²) in [5.74, 6) is 0. The van der Waals surface area contributed by atoms with E-state index in [1.54, 1.807) is 18.5 Å². The van der Waals surface area contributed by atoms with Crippen molar-refractivity contribution in [2.45, 2.75) is 19.1 Å². The van der Waals surface area contributed by atoms with Crippen LogP contribution in [0.25, 0.3) is 0 Å². The molecule has 0 aliphatic carbocycles. The van der Waals surface area contributed by atoms with E-state index in [0.29, 0.717) is 6.42 Å². The summed E-state index contributed by atoms with van der Waals surface area (Å²) < 4.78 is 5.23. The van der Waals surface area contributed by atoms with Gasteiger partial charge in [0.2, 0.25) is 0 Å². The van der Waals surface area contributed by atoms with Crippen LogP contribution in [0.15, 0.2) is 67.5 Å². The minimum atomic E-state index is -0.442. The Morgan fingerprint density at radius 3 is 2.62 bits per heavy atom. The maximum absolute atomic E-state index is 11.9. The van der Waals surface area contributed by atoms with Crippen LogP contribution in [0.4, 0.5) is 4.79 Å². The molecule has 0 saturated heterocycles. The molecule has 1 aromatic carbocycles. The predicted octanol–water partition coefficient (Wildman–Crippen LogP) is 3.63. The quantitative estimate of drug-likeness (QED) is 0.823. The van der Waals surface area contributed by atoms with E-state index in [-0.39, 0.29) is 12.6 Å². The van der Waals surface area contributed by atoms with Gasteiger partial charge in [0.05, 0.1) is 6.04 Å². The van der Waals surface area contributed by atoms with Crippen molar-refractivity contribution in [1.29, 1.82) is 0 Å². The number of alkyl carbamates (subject to hydrolysis) is 1. The van der Waals surface area contributed by atoms with Gasteiger partial charge in [-0.1, -0.05) is 36.4 Å². The zero-order valence-electron chi connectivity index (χ0n) is 11.7. The van der Waals surface area contributed by atoms with Crippen molar-refractivity contribution >= 4 is 6.09 Å². The fourth-order valence-electron chi connectivity index (χ4n) is 1.95. The highest BCUT2D eigenvalue weighted by atomic mass is 16.5. The Morgan fingerprint density at radius 2 is 1.95 bits per heavy atom. The Labute approximate surface area is 124 Å². The molecular weight excluding hydrogens is 264 g/mol.